The van der Waals surface area contributed by atoms with Crippen LogP contribution in [0.4, 0.5) is 10.5 Å². The Morgan fingerprint density at radius 1 is 1.29 bits per heavy atom. The molecule has 0 unspecified atom stereocenters. The van der Waals surface area contributed by atoms with Crippen LogP contribution in [-0.4, -0.2) is 18.2 Å². The van der Waals surface area contributed by atoms with Gasteiger partial charge in [0.1, 0.15) is 5.60 Å². The third kappa shape index (κ3) is 2.70. The highest BCUT2D eigenvalue weighted by molar-refractivity contribution is 9.10. The highest BCUT2D eigenvalue weighted by Gasteiger charge is 2.47. The zero-order valence-corrected chi connectivity index (χ0v) is 14.5. The SMILES string of the molecule is CC(C)(C)OC(=O)N1CC2(CCCC2)c2cc(Br)ccc21. The largest absolute Gasteiger partial charge is 0.443 e. The zero-order valence-electron chi connectivity index (χ0n) is 12.9. The molecule has 0 saturated heterocycles. The lowest BCUT2D eigenvalue weighted by Crippen LogP contribution is -2.39. The van der Waals surface area contributed by atoms with Crippen LogP contribution in [0.1, 0.15) is 52.0 Å². The number of hydrogen-bond acceptors (Lipinski definition) is 2. The molecule has 1 fully saturated rings. The number of hydrogen-bond donors (Lipinski definition) is 0. The number of carbonyl (C=O) groups is 1. The minimum absolute atomic E-state index is 0.135. The number of benzene rings is 1. The lowest BCUT2D eigenvalue weighted by molar-refractivity contribution is 0.0578. The first-order valence-electron chi connectivity index (χ1n) is 7.61. The Bertz CT molecular complexity index is 571. The van der Waals surface area contributed by atoms with E-state index in [1.807, 2.05) is 37.8 Å². The summed E-state index contributed by atoms with van der Waals surface area (Å²) >= 11 is 3.57. The van der Waals surface area contributed by atoms with Crippen LogP contribution in [0.3, 0.4) is 0 Å². The molecular formula is C17H22BrNO2. The van der Waals surface area contributed by atoms with Gasteiger partial charge in [0.2, 0.25) is 0 Å². The number of rotatable bonds is 0. The molecular weight excluding hydrogens is 330 g/mol. The molecule has 0 N–H and O–H groups in total. The molecule has 2 aliphatic rings. The highest BCUT2D eigenvalue weighted by atomic mass is 79.9. The van der Waals surface area contributed by atoms with E-state index in [2.05, 4.69) is 22.0 Å². The number of fused-ring (bicyclic) bond motifs is 2. The first kappa shape index (κ1) is 14.9. The van der Waals surface area contributed by atoms with Gasteiger partial charge < -0.3 is 4.74 Å². The predicted octanol–water partition coefficient (Wildman–Crippen LogP) is 5.02. The second-order valence-corrected chi connectivity index (χ2v) is 8.13. The van der Waals surface area contributed by atoms with Crippen LogP contribution >= 0.6 is 15.9 Å². The van der Waals surface area contributed by atoms with Crippen molar-refractivity contribution in [2.45, 2.75) is 57.5 Å². The van der Waals surface area contributed by atoms with Crippen LogP contribution in [0.2, 0.25) is 0 Å². The van der Waals surface area contributed by atoms with Crippen molar-refractivity contribution in [3.63, 3.8) is 0 Å². The molecule has 3 rings (SSSR count). The first-order chi connectivity index (χ1) is 9.81. The summed E-state index contributed by atoms with van der Waals surface area (Å²) in [6, 6.07) is 6.23. The molecule has 1 spiro atoms. The minimum atomic E-state index is -0.460. The van der Waals surface area contributed by atoms with Gasteiger partial charge in [0, 0.05) is 16.4 Å². The fraction of sp³-hybridized carbons (Fsp3) is 0.588. The van der Waals surface area contributed by atoms with E-state index in [1.54, 1.807) is 0 Å². The molecule has 0 radical (unpaired) electrons. The number of amides is 1. The zero-order chi connectivity index (χ0) is 15.3. The molecule has 114 valence electrons. The Morgan fingerprint density at radius 2 is 1.95 bits per heavy atom. The van der Waals surface area contributed by atoms with Gasteiger partial charge in [-0.05, 0) is 57.4 Å². The van der Waals surface area contributed by atoms with E-state index in [1.165, 1.54) is 18.4 Å². The summed E-state index contributed by atoms with van der Waals surface area (Å²) in [7, 11) is 0. The molecule has 21 heavy (non-hydrogen) atoms. The molecule has 4 heteroatoms. The maximum absolute atomic E-state index is 12.5. The summed E-state index contributed by atoms with van der Waals surface area (Å²) in [5.41, 5.74) is 2.00. The van der Waals surface area contributed by atoms with Gasteiger partial charge in [-0.3, -0.25) is 4.90 Å². The normalized spacial score (nSPS) is 19.9. The van der Waals surface area contributed by atoms with Crippen molar-refractivity contribution in [1.29, 1.82) is 0 Å². The summed E-state index contributed by atoms with van der Waals surface area (Å²) in [6.45, 7) is 6.49. The molecule has 0 aromatic heterocycles. The smallest absolute Gasteiger partial charge is 0.414 e. The Balaban J connectivity index is 1.97. The van der Waals surface area contributed by atoms with Gasteiger partial charge in [0.05, 0.1) is 5.69 Å². The van der Waals surface area contributed by atoms with E-state index in [0.29, 0.717) is 0 Å². The Hall–Kier alpha value is -1.03. The Kier molecular flexibility index (Phi) is 3.55. The second-order valence-electron chi connectivity index (χ2n) is 7.22. The maximum atomic E-state index is 12.5. The van der Waals surface area contributed by atoms with E-state index in [0.717, 1.165) is 29.5 Å². The van der Waals surface area contributed by atoms with Crippen molar-refractivity contribution in [2.75, 3.05) is 11.4 Å². The summed E-state index contributed by atoms with van der Waals surface area (Å²) in [5, 5.41) is 0. The van der Waals surface area contributed by atoms with Crippen LogP contribution in [0, 0.1) is 0 Å². The van der Waals surface area contributed by atoms with Gasteiger partial charge in [0.15, 0.2) is 0 Å². The van der Waals surface area contributed by atoms with Crippen LogP contribution < -0.4 is 4.90 Å². The van der Waals surface area contributed by atoms with Crippen molar-refractivity contribution in [1.82, 2.24) is 0 Å². The topological polar surface area (TPSA) is 29.5 Å². The number of halogens is 1. The van der Waals surface area contributed by atoms with Crippen molar-refractivity contribution < 1.29 is 9.53 Å². The predicted molar refractivity (Wildman–Crippen MR) is 87.9 cm³/mol. The standard InChI is InChI=1S/C17H22BrNO2/c1-16(2,3)21-15(20)19-11-17(8-4-5-9-17)13-10-12(18)6-7-14(13)19/h6-7,10H,4-5,8-9,11H2,1-3H3. The second kappa shape index (κ2) is 5.01. The fourth-order valence-corrected chi connectivity index (χ4v) is 3.96. The minimum Gasteiger partial charge on any atom is -0.443 e. The molecule has 1 aromatic rings. The van der Waals surface area contributed by atoms with Crippen LogP contribution in [-0.2, 0) is 10.2 Å². The van der Waals surface area contributed by atoms with Crippen molar-refractivity contribution in [2.24, 2.45) is 0 Å². The van der Waals surface area contributed by atoms with Gasteiger partial charge in [-0.25, -0.2) is 4.79 Å². The average Bonchev–Trinajstić information content (AvgIpc) is 2.95. The summed E-state index contributed by atoms with van der Waals surface area (Å²) in [5.74, 6) is 0. The van der Waals surface area contributed by atoms with E-state index >= 15 is 0 Å². The molecule has 1 aromatic carbocycles. The number of ether oxygens (including phenoxy) is 1. The lowest BCUT2D eigenvalue weighted by Gasteiger charge is -2.27. The number of nitrogens with zero attached hydrogens (tertiary/aromatic N) is 1. The molecule has 3 nitrogen and oxygen atoms in total. The molecule has 1 amide bonds. The quantitative estimate of drug-likeness (QED) is 0.656. The van der Waals surface area contributed by atoms with E-state index < -0.39 is 5.60 Å². The van der Waals surface area contributed by atoms with E-state index in [-0.39, 0.29) is 11.5 Å². The van der Waals surface area contributed by atoms with Crippen LogP contribution in [0.25, 0.3) is 0 Å². The van der Waals surface area contributed by atoms with Crippen molar-refractivity contribution >= 4 is 27.7 Å². The van der Waals surface area contributed by atoms with Crippen LogP contribution in [0.5, 0.6) is 0 Å². The molecule has 1 aliphatic carbocycles. The first-order valence-corrected chi connectivity index (χ1v) is 8.41. The van der Waals surface area contributed by atoms with Gasteiger partial charge >= 0.3 is 6.09 Å². The molecule has 1 aliphatic heterocycles. The third-order valence-corrected chi connectivity index (χ3v) is 4.95. The fourth-order valence-electron chi connectivity index (χ4n) is 3.60. The van der Waals surface area contributed by atoms with Gasteiger partial charge in [-0.1, -0.05) is 28.8 Å². The third-order valence-electron chi connectivity index (χ3n) is 4.46. The maximum Gasteiger partial charge on any atom is 0.414 e. The molecule has 0 bridgehead atoms. The van der Waals surface area contributed by atoms with Gasteiger partial charge in [-0.15, -0.1) is 0 Å². The summed E-state index contributed by atoms with van der Waals surface area (Å²) in [6.07, 6.45) is 4.59. The summed E-state index contributed by atoms with van der Waals surface area (Å²) in [4.78, 5) is 14.4. The molecule has 0 atom stereocenters. The monoisotopic (exact) mass is 351 g/mol. The van der Waals surface area contributed by atoms with Crippen LogP contribution in [0.15, 0.2) is 22.7 Å². The van der Waals surface area contributed by atoms with Gasteiger partial charge in [-0.2, -0.15) is 0 Å². The van der Waals surface area contributed by atoms with Gasteiger partial charge in [0.25, 0.3) is 0 Å². The molecule has 1 saturated carbocycles. The van der Waals surface area contributed by atoms with Crippen molar-refractivity contribution in [3.8, 4) is 0 Å². The van der Waals surface area contributed by atoms with E-state index in [9.17, 15) is 4.79 Å². The van der Waals surface area contributed by atoms with E-state index in [4.69, 9.17) is 4.74 Å². The van der Waals surface area contributed by atoms with Crippen molar-refractivity contribution in [3.05, 3.63) is 28.2 Å². The highest BCUT2D eigenvalue weighted by Crippen LogP contribution is 2.51. The Morgan fingerprint density at radius 3 is 2.57 bits per heavy atom. The molecule has 1 heterocycles. The Labute approximate surface area is 134 Å². The average molecular weight is 352 g/mol. The summed E-state index contributed by atoms with van der Waals surface area (Å²) < 4.78 is 6.67. The number of anilines is 1. The lowest BCUT2D eigenvalue weighted by atomic mass is 9.81. The number of carbonyl (C=O) groups excluding carboxylic acids is 1.